The highest BCUT2D eigenvalue weighted by atomic mass is 32.2. The standard InChI is InChI=1S/C38H47F2N5O4SSi/c1-35(2,3)50(47)44-38(20-37(7,21-38)49-51(8,9)36(4,5)6)33-41-18-24(19-42-33)22-13-14-26-27(15-22)45-28-16-23(32(45)43-26)17-29(46)25-11-10-12-30(31(25)28)48-34(39)40/h10-15,18-19,23,28,34,44H,16-17,20-21H2,1-9H3/t23-,28+,37?,38?,50+/m0/s1. The second kappa shape index (κ2) is 12.1. The summed E-state index contributed by atoms with van der Waals surface area (Å²) >= 11 is 0. The summed E-state index contributed by atoms with van der Waals surface area (Å²) in [5.41, 5.74) is 3.02. The van der Waals surface area contributed by atoms with E-state index in [-0.39, 0.29) is 35.0 Å². The van der Waals surface area contributed by atoms with Crippen molar-refractivity contribution in [1.82, 2.24) is 24.2 Å². The van der Waals surface area contributed by atoms with E-state index in [1.165, 1.54) is 6.07 Å². The number of imidazole rings is 1. The van der Waals surface area contributed by atoms with Gasteiger partial charge in [-0.1, -0.05) is 39.0 Å². The zero-order valence-electron chi connectivity index (χ0n) is 30.8. The third kappa shape index (κ3) is 6.27. The van der Waals surface area contributed by atoms with Crippen LogP contribution in [-0.4, -0.2) is 54.8 Å². The number of aromatic nitrogens is 4. The van der Waals surface area contributed by atoms with Crippen molar-refractivity contribution in [2.24, 2.45) is 0 Å². The summed E-state index contributed by atoms with van der Waals surface area (Å²) in [5.74, 6) is 1.14. The van der Waals surface area contributed by atoms with Gasteiger partial charge in [0.15, 0.2) is 14.1 Å². The normalized spacial score (nSPS) is 25.4. The lowest BCUT2D eigenvalue weighted by atomic mass is 9.66. The quantitative estimate of drug-likeness (QED) is 0.181. The summed E-state index contributed by atoms with van der Waals surface area (Å²) in [5, 5.41) is 0.0470. The minimum absolute atomic E-state index is 0.0214. The number of ketones is 1. The predicted octanol–water partition coefficient (Wildman–Crippen LogP) is 8.58. The second-order valence-corrected chi connectivity index (χ2v) is 23.9. The van der Waals surface area contributed by atoms with Crippen LogP contribution in [-0.2, 0) is 21.0 Å². The molecular formula is C38H47F2N5O4SSi. The van der Waals surface area contributed by atoms with Crippen LogP contribution in [0.5, 0.6) is 5.75 Å². The number of fused-ring (bicyclic) bond motifs is 9. The molecule has 0 spiro atoms. The molecule has 3 atom stereocenters. The minimum Gasteiger partial charge on any atom is -0.434 e. The average molecular weight is 736 g/mol. The zero-order valence-corrected chi connectivity index (χ0v) is 32.6. The molecule has 0 saturated heterocycles. The summed E-state index contributed by atoms with van der Waals surface area (Å²) in [7, 11) is -3.44. The first kappa shape index (κ1) is 36.0. The fourth-order valence-electron chi connectivity index (χ4n) is 7.87. The monoisotopic (exact) mass is 735 g/mol. The number of Topliss-reactive ketones (excluding diaryl/α,β-unsaturated/α-hetero) is 1. The molecule has 1 N–H and O–H groups in total. The molecule has 2 bridgehead atoms. The summed E-state index contributed by atoms with van der Waals surface area (Å²) in [6.07, 6.45) is 5.60. The van der Waals surface area contributed by atoms with Gasteiger partial charge in [-0.3, -0.25) is 4.79 Å². The Balaban J connectivity index is 1.23. The number of ether oxygens (including phenoxy) is 1. The molecule has 0 amide bonds. The topological polar surface area (TPSA) is 108 Å². The molecular weight excluding hydrogens is 689 g/mol. The number of hydrogen-bond acceptors (Lipinski definition) is 7. The molecule has 2 aliphatic carbocycles. The average Bonchev–Trinajstić information content (AvgIpc) is 3.50. The van der Waals surface area contributed by atoms with Gasteiger partial charge in [-0.2, -0.15) is 8.78 Å². The van der Waals surface area contributed by atoms with Crippen molar-refractivity contribution < 1.29 is 26.9 Å². The molecule has 1 fully saturated rings. The van der Waals surface area contributed by atoms with Crippen LogP contribution in [0.1, 0.15) is 114 Å². The molecule has 2 aromatic carbocycles. The van der Waals surface area contributed by atoms with Gasteiger partial charge in [0.2, 0.25) is 0 Å². The fourth-order valence-corrected chi connectivity index (χ4v) is 10.4. The highest BCUT2D eigenvalue weighted by Crippen LogP contribution is 2.54. The molecule has 0 unspecified atom stereocenters. The highest BCUT2D eigenvalue weighted by molar-refractivity contribution is 7.84. The number of halogens is 2. The Morgan fingerprint density at radius 1 is 1.04 bits per heavy atom. The molecule has 9 nitrogen and oxygen atoms in total. The summed E-state index contributed by atoms with van der Waals surface area (Å²) in [4.78, 5) is 27.9. The Morgan fingerprint density at radius 2 is 1.73 bits per heavy atom. The van der Waals surface area contributed by atoms with Crippen molar-refractivity contribution in [2.75, 3.05) is 0 Å². The molecule has 3 aliphatic rings. The first-order chi connectivity index (χ1) is 23.7. The molecule has 2 aromatic heterocycles. The molecule has 7 rings (SSSR count). The maximum absolute atomic E-state index is 13.5. The minimum atomic E-state index is -3.01. The van der Waals surface area contributed by atoms with Gasteiger partial charge in [0.25, 0.3) is 0 Å². The third-order valence-electron chi connectivity index (χ3n) is 11.2. The van der Waals surface area contributed by atoms with Crippen molar-refractivity contribution in [2.45, 2.75) is 127 Å². The van der Waals surface area contributed by atoms with E-state index >= 15 is 0 Å². The van der Waals surface area contributed by atoms with E-state index < -0.39 is 41.8 Å². The van der Waals surface area contributed by atoms with Gasteiger partial charge in [0, 0.05) is 54.3 Å². The molecule has 0 radical (unpaired) electrons. The Bertz CT molecular complexity index is 2050. The maximum atomic E-state index is 13.5. The van der Waals surface area contributed by atoms with Crippen LogP contribution in [0, 0.1) is 0 Å². The van der Waals surface area contributed by atoms with Crippen LogP contribution in [0.4, 0.5) is 8.78 Å². The number of nitrogens with zero attached hydrogens (tertiary/aromatic N) is 4. The van der Waals surface area contributed by atoms with Crippen LogP contribution in [0.15, 0.2) is 48.8 Å². The van der Waals surface area contributed by atoms with Crippen molar-refractivity contribution >= 4 is 36.1 Å². The van der Waals surface area contributed by atoms with Gasteiger partial charge in [-0.05, 0) is 76.0 Å². The first-order valence-electron chi connectivity index (χ1n) is 17.6. The number of benzene rings is 2. The smallest absolute Gasteiger partial charge is 0.387 e. The van der Waals surface area contributed by atoms with Crippen LogP contribution in [0.25, 0.3) is 22.2 Å². The predicted molar refractivity (Wildman–Crippen MR) is 197 cm³/mol. The van der Waals surface area contributed by atoms with E-state index in [1.54, 1.807) is 24.5 Å². The van der Waals surface area contributed by atoms with Gasteiger partial charge < -0.3 is 13.7 Å². The summed E-state index contributed by atoms with van der Waals surface area (Å²) in [6, 6.07) is 10.3. The lowest BCUT2D eigenvalue weighted by Gasteiger charge is -2.57. The summed E-state index contributed by atoms with van der Waals surface area (Å²) in [6.45, 7) is 16.1. The van der Waals surface area contributed by atoms with E-state index in [4.69, 9.17) is 24.1 Å². The number of hydrogen-bond donors (Lipinski definition) is 1. The van der Waals surface area contributed by atoms with Crippen molar-refractivity contribution in [3.8, 4) is 16.9 Å². The van der Waals surface area contributed by atoms with Gasteiger partial charge in [0.1, 0.15) is 17.4 Å². The van der Waals surface area contributed by atoms with Gasteiger partial charge in [-0.25, -0.2) is 23.9 Å². The highest BCUT2D eigenvalue weighted by Gasteiger charge is 2.59. The number of carbonyl (C=O) groups is 1. The van der Waals surface area contributed by atoms with E-state index in [1.807, 2.05) is 39.0 Å². The molecule has 13 heteroatoms. The zero-order chi connectivity index (χ0) is 36.9. The van der Waals surface area contributed by atoms with Crippen LogP contribution in [0.3, 0.4) is 0 Å². The second-order valence-electron chi connectivity index (χ2n) is 17.2. The van der Waals surface area contributed by atoms with Crippen LogP contribution in [0.2, 0.25) is 18.1 Å². The fraction of sp³-hybridized carbons (Fsp3) is 0.526. The number of rotatable bonds is 8. The number of nitrogens with one attached hydrogen (secondary N) is 1. The first-order valence-corrected chi connectivity index (χ1v) is 21.6. The SMILES string of the molecule is CC1(O[Si](C)(C)C(C)(C)C)CC(N[S@](=O)C(C)(C)C)(c2ncc(-c3ccc4nc5n(c4c3)[C@@H]3C[C@H]5CC(=O)c4cccc(OC(F)F)c43)cn2)C1. The Hall–Kier alpha value is -3.39. The van der Waals surface area contributed by atoms with Gasteiger partial charge >= 0.3 is 6.61 Å². The van der Waals surface area contributed by atoms with E-state index in [0.717, 1.165) is 28.0 Å². The molecule has 4 aromatic rings. The maximum Gasteiger partial charge on any atom is 0.387 e. The molecule has 51 heavy (non-hydrogen) atoms. The lowest BCUT2D eigenvalue weighted by Crippen LogP contribution is -2.66. The number of alkyl halides is 2. The van der Waals surface area contributed by atoms with Crippen LogP contribution >= 0.6 is 0 Å². The van der Waals surface area contributed by atoms with E-state index in [9.17, 15) is 17.8 Å². The van der Waals surface area contributed by atoms with Crippen LogP contribution < -0.4 is 9.46 Å². The third-order valence-corrected chi connectivity index (χ3v) is 17.5. The molecule has 1 saturated carbocycles. The van der Waals surface area contributed by atoms with Gasteiger partial charge in [-0.15, -0.1) is 0 Å². The summed E-state index contributed by atoms with van der Waals surface area (Å²) < 4.78 is 57.3. The van der Waals surface area contributed by atoms with Crippen molar-refractivity contribution in [1.29, 1.82) is 0 Å². The lowest BCUT2D eigenvalue weighted by molar-refractivity contribution is -0.0720. The van der Waals surface area contributed by atoms with Gasteiger partial charge in [0.05, 0.1) is 43.9 Å². The Kier molecular flexibility index (Phi) is 8.52. The van der Waals surface area contributed by atoms with Crippen molar-refractivity contribution in [3.05, 3.63) is 71.6 Å². The molecule has 272 valence electrons. The number of carbonyl (C=O) groups excluding carboxylic acids is 1. The van der Waals surface area contributed by atoms with Crippen molar-refractivity contribution in [3.63, 3.8) is 0 Å². The Morgan fingerprint density at radius 3 is 2.35 bits per heavy atom. The van der Waals surface area contributed by atoms with E-state index in [0.29, 0.717) is 36.2 Å². The largest absolute Gasteiger partial charge is 0.434 e. The van der Waals surface area contributed by atoms with E-state index in [2.05, 4.69) is 50.1 Å². The molecule has 3 heterocycles. The Labute approximate surface area is 301 Å². The molecule has 1 aliphatic heterocycles.